The number of para-hydroxylation sites is 1. The molecule has 5 rings (SSSR count). The van der Waals surface area contributed by atoms with Crippen LogP contribution in [-0.2, 0) is 14.3 Å². The molecule has 0 N–H and O–H groups in total. The molecule has 31 heavy (non-hydrogen) atoms. The van der Waals surface area contributed by atoms with E-state index in [0.717, 1.165) is 57.2 Å². The minimum Gasteiger partial charge on any atom is -0.483 e. The zero-order valence-electron chi connectivity index (χ0n) is 18.7. The molecular formula is C26H35NO4. The van der Waals surface area contributed by atoms with Crippen molar-refractivity contribution in [2.24, 2.45) is 5.41 Å². The quantitative estimate of drug-likeness (QED) is 0.659. The third-order valence-corrected chi connectivity index (χ3v) is 7.69. The highest BCUT2D eigenvalue weighted by molar-refractivity contribution is 5.89. The Morgan fingerprint density at radius 2 is 2.03 bits per heavy atom. The molecule has 1 saturated heterocycles. The summed E-state index contributed by atoms with van der Waals surface area (Å²) < 4.78 is 12.5. The summed E-state index contributed by atoms with van der Waals surface area (Å²) in [5, 5.41) is 0. The Morgan fingerprint density at radius 3 is 2.81 bits per heavy atom. The average Bonchev–Trinajstić information content (AvgIpc) is 2.81. The Morgan fingerprint density at radius 1 is 1.26 bits per heavy atom. The van der Waals surface area contributed by atoms with Gasteiger partial charge in [-0.1, -0.05) is 31.7 Å². The number of carbonyl (C=O) groups excluding carboxylic acids is 2. The van der Waals surface area contributed by atoms with Crippen molar-refractivity contribution in [3.05, 3.63) is 42.5 Å². The smallest absolute Gasteiger partial charge is 0.260 e. The maximum Gasteiger partial charge on any atom is 0.260 e. The first-order chi connectivity index (χ1) is 15.0. The van der Waals surface area contributed by atoms with Crippen LogP contribution in [0.4, 0.5) is 0 Å². The van der Waals surface area contributed by atoms with Gasteiger partial charge in [-0.05, 0) is 74.0 Å². The van der Waals surface area contributed by atoms with Crippen LogP contribution >= 0.6 is 0 Å². The summed E-state index contributed by atoms with van der Waals surface area (Å²) in [6.45, 7) is 7.12. The minimum absolute atomic E-state index is 0.0102. The number of allylic oxidation sites excluding steroid dienone is 1. The lowest BCUT2D eigenvalue weighted by molar-refractivity contribution is -0.147. The van der Waals surface area contributed by atoms with E-state index in [1.807, 2.05) is 17.0 Å². The highest BCUT2D eigenvalue weighted by atomic mass is 16.5. The van der Waals surface area contributed by atoms with Crippen LogP contribution in [0, 0.1) is 5.41 Å². The van der Waals surface area contributed by atoms with Gasteiger partial charge < -0.3 is 14.4 Å². The van der Waals surface area contributed by atoms with Gasteiger partial charge in [0.2, 0.25) is 0 Å². The van der Waals surface area contributed by atoms with Gasteiger partial charge in [0.15, 0.2) is 12.4 Å². The number of hydrogen-bond acceptors (Lipinski definition) is 4. The maximum atomic E-state index is 13.3. The van der Waals surface area contributed by atoms with E-state index in [1.54, 1.807) is 0 Å². The molecule has 1 amide bonds. The summed E-state index contributed by atoms with van der Waals surface area (Å²) in [7, 11) is 0. The molecule has 168 valence electrons. The lowest BCUT2D eigenvalue weighted by Crippen LogP contribution is -2.57. The van der Waals surface area contributed by atoms with E-state index in [0.29, 0.717) is 18.9 Å². The molecule has 2 atom stereocenters. The molecule has 3 heterocycles. The lowest BCUT2D eigenvalue weighted by Gasteiger charge is -2.48. The first-order valence-electron chi connectivity index (χ1n) is 11.8. The molecule has 1 saturated carbocycles. The molecule has 1 aliphatic carbocycles. The van der Waals surface area contributed by atoms with Crippen LogP contribution < -0.4 is 4.74 Å². The minimum atomic E-state index is -0.151. The molecule has 3 aliphatic heterocycles. The van der Waals surface area contributed by atoms with E-state index in [1.165, 1.54) is 11.6 Å². The number of rotatable bonds is 4. The van der Waals surface area contributed by atoms with Gasteiger partial charge in [-0.15, -0.1) is 0 Å². The fourth-order valence-electron chi connectivity index (χ4n) is 5.68. The molecule has 2 fully saturated rings. The van der Waals surface area contributed by atoms with Gasteiger partial charge in [0.25, 0.3) is 5.91 Å². The predicted molar refractivity (Wildman–Crippen MR) is 120 cm³/mol. The SMILES string of the molecule is C=CC(=O)CCC1(C)CCCN2C(=O)COc3ccccc3[C@H]3CC[C@H](CC3)OCC21. The van der Waals surface area contributed by atoms with Crippen molar-refractivity contribution >= 4 is 11.7 Å². The summed E-state index contributed by atoms with van der Waals surface area (Å²) in [6.07, 6.45) is 9.00. The topological polar surface area (TPSA) is 55.8 Å². The van der Waals surface area contributed by atoms with Gasteiger partial charge in [0.05, 0.1) is 18.8 Å². The van der Waals surface area contributed by atoms with Crippen LogP contribution in [0.1, 0.15) is 69.8 Å². The number of fused-ring (bicyclic) bond motifs is 5. The van der Waals surface area contributed by atoms with E-state index in [-0.39, 0.29) is 35.9 Å². The van der Waals surface area contributed by atoms with Gasteiger partial charge in [-0.3, -0.25) is 9.59 Å². The second kappa shape index (κ2) is 9.56. The first-order valence-corrected chi connectivity index (χ1v) is 11.8. The third-order valence-electron chi connectivity index (χ3n) is 7.69. The Kier molecular flexibility index (Phi) is 6.80. The number of hydrogen-bond donors (Lipinski definition) is 0. The third kappa shape index (κ3) is 4.87. The highest BCUT2D eigenvalue weighted by Crippen LogP contribution is 2.42. The largest absolute Gasteiger partial charge is 0.483 e. The Labute approximate surface area is 185 Å². The van der Waals surface area contributed by atoms with E-state index >= 15 is 0 Å². The molecule has 1 aromatic carbocycles. The standard InChI is InChI=1S/C26H35NO4/c1-3-20(28)13-15-26(2)14-6-16-27-24(26)17-30-21-11-9-19(10-12-21)22-7-4-5-8-23(22)31-18-25(27)29/h3-5,7-8,19,21,24H,1,6,9-18H2,2H3/t19-,21+,24?,26?. The van der Waals surface area contributed by atoms with Crippen molar-refractivity contribution in [2.45, 2.75) is 76.4 Å². The van der Waals surface area contributed by atoms with Gasteiger partial charge in [0, 0.05) is 13.0 Å². The monoisotopic (exact) mass is 425 g/mol. The summed E-state index contributed by atoms with van der Waals surface area (Å²) in [6, 6.07) is 8.13. The number of ketones is 1. The summed E-state index contributed by atoms with van der Waals surface area (Å²) >= 11 is 0. The maximum absolute atomic E-state index is 13.3. The highest BCUT2D eigenvalue weighted by Gasteiger charge is 2.43. The number of piperidine rings is 1. The van der Waals surface area contributed by atoms with Crippen molar-refractivity contribution in [1.82, 2.24) is 4.90 Å². The molecular weight excluding hydrogens is 390 g/mol. The fraction of sp³-hybridized carbons (Fsp3) is 0.615. The van der Waals surface area contributed by atoms with Gasteiger partial charge in [0.1, 0.15) is 5.75 Å². The molecule has 0 radical (unpaired) electrons. The molecule has 5 heteroatoms. The lowest BCUT2D eigenvalue weighted by atomic mass is 9.71. The summed E-state index contributed by atoms with van der Waals surface area (Å²) in [5.74, 6) is 1.38. The molecule has 2 unspecified atom stereocenters. The average molecular weight is 426 g/mol. The van der Waals surface area contributed by atoms with Crippen molar-refractivity contribution < 1.29 is 19.1 Å². The molecule has 5 nitrogen and oxygen atoms in total. The molecule has 0 spiro atoms. The Bertz CT molecular complexity index is 813. The molecule has 4 aliphatic rings. The van der Waals surface area contributed by atoms with Crippen LogP contribution in [0.15, 0.2) is 36.9 Å². The van der Waals surface area contributed by atoms with Crippen LogP contribution in [0.2, 0.25) is 0 Å². The normalized spacial score (nSPS) is 31.3. The zero-order chi connectivity index (χ0) is 21.8. The van der Waals surface area contributed by atoms with Crippen molar-refractivity contribution in [2.75, 3.05) is 19.8 Å². The number of carbonyl (C=O) groups is 2. The van der Waals surface area contributed by atoms with E-state index in [4.69, 9.17) is 9.47 Å². The van der Waals surface area contributed by atoms with Crippen LogP contribution in [0.3, 0.4) is 0 Å². The van der Waals surface area contributed by atoms with E-state index in [9.17, 15) is 9.59 Å². The number of amides is 1. The number of nitrogens with zero attached hydrogens (tertiary/aromatic N) is 1. The van der Waals surface area contributed by atoms with E-state index in [2.05, 4.69) is 25.6 Å². The zero-order valence-corrected chi connectivity index (χ0v) is 18.7. The Balaban J connectivity index is 1.60. The van der Waals surface area contributed by atoms with Crippen molar-refractivity contribution in [1.29, 1.82) is 0 Å². The predicted octanol–water partition coefficient (Wildman–Crippen LogP) is 4.65. The first kappa shape index (κ1) is 22.1. The van der Waals surface area contributed by atoms with Gasteiger partial charge in [-0.2, -0.15) is 0 Å². The molecule has 1 aromatic rings. The second-order valence-corrected chi connectivity index (χ2v) is 9.66. The molecule has 2 bridgehead atoms. The Hall–Kier alpha value is -2.14. The van der Waals surface area contributed by atoms with E-state index < -0.39 is 0 Å². The van der Waals surface area contributed by atoms with Gasteiger partial charge >= 0.3 is 0 Å². The van der Waals surface area contributed by atoms with Crippen LogP contribution in [0.5, 0.6) is 5.75 Å². The van der Waals surface area contributed by atoms with Crippen molar-refractivity contribution in [3.63, 3.8) is 0 Å². The fourth-order valence-corrected chi connectivity index (χ4v) is 5.68. The van der Waals surface area contributed by atoms with Crippen LogP contribution in [0.25, 0.3) is 0 Å². The second-order valence-electron chi connectivity index (χ2n) is 9.66. The summed E-state index contributed by atoms with van der Waals surface area (Å²) in [5.41, 5.74) is 1.07. The van der Waals surface area contributed by atoms with Crippen LogP contribution in [-0.4, -0.2) is 48.5 Å². The summed E-state index contributed by atoms with van der Waals surface area (Å²) in [4.78, 5) is 27.2. The van der Waals surface area contributed by atoms with Crippen molar-refractivity contribution in [3.8, 4) is 5.75 Å². The van der Waals surface area contributed by atoms with Gasteiger partial charge in [-0.25, -0.2) is 0 Å². The number of benzene rings is 1. The molecule has 0 aromatic heterocycles. The number of ether oxygens (including phenoxy) is 2.